The van der Waals surface area contributed by atoms with Gasteiger partial charge >= 0.3 is 6.09 Å². The average molecular weight is 505 g/mol. The SMILES string of the molecule is CC(C)(C)OC(=O)N1CC(Oc2ccc(-c3cc(-c4ccc5c(c4)CCNC5=O)c(N)nc3F)cc2)C1. The molecule has 2 aliphatic heterocycles. The van der Waals surface area contributed by atoms with Crippen LogP contribution in [0.2, 0.25) is 0 Å². The number of benzene rings is 2. The predicted molar refractivity (Wildman–Crippen MR) is 138 cm³/mol. The number of nitrogens with one attached hydrogen (secondary N) is 1. The molecule has 2 aromatic carbocycles. The van der Waals surface area contributed by atoms with Crippen molar-refractivity contribution >= 4 is 17.8 Å². The average Bonchev–Trinajstić information content (AvgIpc) is 2.80. The molecule has 2 amide bonds. The number of carbonyl (C=O) groups excluding carboxylic acids is 2. The van der Waals surface area contributed by atoms with E-state index < -0.39 is 11.5 Å². The first-order valence-corrected chi connectivity index (χ1v) is 12.2. The summed E-state index contributed by atoms with van der Waals surface area (Å²) in [5.41, 5.74) is 9.42. The number of aromatic nitrogens is 1. The van der Waals surface area contributed by atoms with E-state index in [1.54, 1.807) is 47.4 Å². The molecule has 0 radical (unpaired) electrons. The number of hydrogen-bond donors (Lipinski definition) is 2. The van der Waals surface area contributed by atoms with E-state index in [1.807, 2.05) is 26.8 Å². The summed E-state index contributed by atoms with van der Waals surface area (Å²) in [4.78, 5) is 29.7. The van der Waals surface area contributed by atoms with Gasteiger partial charge in [-0.2, -0.15) is 4.39 Å². The van der Waals surface area contributed by atoms with Crippen LogP contribution in [-0.2, 0) is 11.2 Å². The highest BCUT2D eigenvalue weighted by molar-refractivity contribution is 5.97. The molecule has 3 aromatic rings. The standard InChI is InChI=1S/C28H29FN4O4/c1-28(2,3)37-27(35)33-14-20(15-33)36-19-7-4-16(5-8-19)22-13-23(25(30)32-24(22)29)17-6-9-21-18(12-17)10-11-31-26(21)34/h4-9,12-13,20H,10-11,14-15H2,1-3H3,(H2,30,32)(H,31,34). The van der Waals surface area contributed by atoms with Gasteiger partial charge in [-0.15, -0.1) is 0 Å². The van der Waals surface area contributed by atoms with Crippen LogP contribution in [0.4, 0.5) is 15.0 Å². The number of anilines is 1. The minimum Gasteiger partial charge on any atom is -0.487 e. The van der Waals surface area contributed by atoms with E-state index in [-0.39, 0.29) is 23.9 Å². The highest BCUT2D eigenvalue weighted by Gasteiger charge is 2.35. The van der Waals surface area contributed by atoms with Gasteiger partial charge in [-0.1, -0.05) is 24.3 Å². The molecule has 1 fully saturated rings. The molecule has 0 aliphatic carbocycles. The molecule has 1 aromatic heterocycles. The molecule has 2 aliphatic rings. The molecule has 8 nitrogen and oxygen atoms in total. The first-order valence-electron chi connectivity index (χ1n) is 12.2. The Bertz CT molecular complexity index is 1360. The number of amides is 2. The second-order valence-electron chi connectivity index (χ2n) is 10.3. The number of fused-ring (bicyclic) bond motifs is 1. The highest BCUT2D eigenvalue weighted by atomic mass is 19.1. The van der Waals surface area contributed by atoms with E-state index in [4.69, 9.17) is 15.2 Å². The van der Waals surface area contributed by atoms with Gasteiger partial charge in [0.25, 0.3) is 5.91 Å². The summed E-state index contributed by atoms with van der Waals surface area (Å²) >= 11 is 0. The minimum atomic E-state index is -0.667. The Labute approximate surface area is 214 Å². The largest absolute Gasteiger partial charge is 0.487 e. The van der Waals surface area contributed by atoms with Gasteiger partial charge in [-0.3, -0.25) is 4.79 Å². The van der Waals surface area contributed by atoms with Crippen molar-refractivity contribution in [2.75, 3.05) is 25.4 Å². The molecule has 0 spiro atoms. The van der Waals surface area contributed by atoms with E-state index in [2.05, 4.69) is 10.3 Å². The number of nitrogen functional groups attached to an aromatic ring is 1. The summed E-state index contributed by atoms with van der Waals surface area (Å²) < 4.78 is 26.1. The molecule has 5 rings (SSSR count). The maximum atomic E-state index is 14.8. The fourth-order valence-corrected chi connectivity index (χ4v) is 4.43. The monoisotopic (exact) mass is 504 g/mol. The summed E-state index contributed by atoms with van der Waals surface area (Å²) in [6.07, 6.45) is 0.229. The van der Waals surface area contributed by atoms with Gasteiger partial charge in [-0.25, -0.2) is 9.78 Å². The Hall–Kier alpha value is -4.14. The number of nitrogens with two attached hydrogens (primary N) is 1. The molecule has 37 heavy (non-hydrogen) atoms. The third-order valence-electron chi connectivity index (χ3n) is 6.31. The number of carbonyl (C=O) groups is 2. The minimum absolute atomic E-state index is 0.0842. The van der Waals surface area contributed by atoms with Crippen LogP contribution in [0.5, 0.6) is 5.75 Å². The summed E-state index contributed by atoms with van der Waals surface area (Å²) in [7, 11) is 0. The fraction of sp³-hybridized carbons (Fsp3) is 0.321. The van der Waals surface area contributed by atoms with Crippen LogP contribution in [0.3, 0.4) is 0 Å². The van der Waals surface area contributed by atoms with Gasteiger partial charge in [-0.05, 0) is 68.1 Å². The van der Waals surface area contributed by atoms with E-state index >= 15 is 0 Å². The lowest BCUT2D eigenvalue weighted by atomic mass is 9.94. The van der Waals surface area contributed by atoms with Gasteiger partial charge < -0.3 is 25.4 Å². The van der Waals surface area contributed by atoms with Gasteiger partial charge in [0.1, 0.15) is 23.3 Å². The van der Waals surface area contributed by atoms with Crippen molar-refractivity contribution in [2.45, 2.75) is 38.9 Å². The Balaban J connectivity index is 1.30. The van der Waals surface area contributed by atoms with Gasteiger partial charge in [0, 0.05) is 23.2 Å². The molecule has 0 bridgehead atoms. The molecule has 3 N–H and O–H groups in total. The summed E-state index contributed by atoms with van der Waals surface area (Å²) in [6.45, 7) is 6.95. The van der Waals surface area contributed by atoms with Gasteiger partial charge in [0.2, 0.25) is 5.95 Å². The predicted octanol–water partition coefficient (Wildman–Crippen LogP) is 4.42. The Kier molecular flexibility index (Phi) is 6.23. The smallest absolute Gasteiger partial charge is 0.410 e. The number of ether oxygens (including phenoxy) is 2. The topological polar surface area (TPSA) is 107 Å². The second-order valence-corrected chi connectivity index (χ2v) is 10.3. The van der Waals surface area contributed by atoms with Crippen LogP contribution in [0, 0.1) is 5.95 Å². The number of rotatable bonds is 4. The quantitative estimate of drug-likeness (QED) is 0.510. The van der Waals surface area contributed by atoms with Crippen molar-refractivity contribution in [1.29, 1.82) is 0 Å². The fourth-order valence-electron chi connectivity index (χ4n) is 4.43. The summed E-state index contributed by atoms with van der Waals surface area (Å²) in [5, 5.41) is 2.83. The molecular weight excluding hydrogens is 475 g/mol. The van der Waals surface area contributed by atoms with Crippen LogP contribution in [-0.4, -0.2) is 53.2 Å². The first kappa shape index (κ1) is 24.5. The Morgan fingerprint density at radius 1 is 1.05 bits per heavy atom. The molecule has 0 atom stereocenters. The van der Waals surface area contributed by atoms with E-state index in [0.717, 1.165) is 11.1 Å². The zero-order valence-corrected chi connectivity index (χ0v) is 21.0. The molecule has 9 heteroatoms. The van der Waals surface area contributed by atoms with Crippen molar-refractivity contribution in [3.8, 4) is 28.0 Å². The Morgan fingerprint density at radius 2 is 1.76 bits per heavy atom. The van der Waals surface area contributed by atoms with Crippen LogP contribution in [0.25, 0.3) is 22.3 Å². The van der Waals surface area contributed by atoms with Crippen molar-refractivity contribution in [3.63, 3.8) is 0 Å². The lowest BCUT2D eigenvalue weighted by Crippen LogP contribution is -2.57. The van der Waals surface area contributed by atoms with Crippen LogP contribution in [0.1, 0.15) is 36.7 Å². The van der Waals surface area contributed by atoms with E-state index in [9.17, 15) is 14.0 Å². The van der Waals surface area contributed by atoms with Crippen molar-refractivity contribution in [2.24, 2.45) is 0 Å². The lowest BCUT2D eigenvalue weighted by molar-refractivity contribution is -0.0221. The Morgan fingerprint density at radius 3 is 2.46 bits per heavy atom. The summed E-state index contributed by atoms with van der Waals surface area (Å²) in [6, 6.07) is 14.2. The van der Waals surface area contributed by atoms with Gasteiger partial charge in [0.05, 0.1) is 13.1 Å². The van der Waals surface area contributed by atoms with Crippen molar-refractivity contribution < 1.29 is 23.5 Å². The molecule has 3 heterocycles. The van der Waals surface area contributed by atoms with Gasteiger partial charge in [0.15, 0.2) is 0 Å². The normalized spacial score (nSPS) is 15.5. The zero-order valence-electron chi connectivity index (χ0n) is 21.0. The van der Waals surface area contributed by atoms with E-state index in [0.29, 0.717) is 54.1 Å². The number of pyridine rings is 1. The molecule has 1 saturated heterocycles. The molecule has 0 unspecified atom stereocenters. The van der Waals surface area contributed by atoms with E-state index in [1.165, 1.54) is 0 Å². The summed E-state index contributed by atoms with van der Waals surface area (Å²) in [5.74, 6) is -0.0600. The third kappa shape index (κ3) is 5.21. The maximum absolute atomic E-state index is 14.8. The molecule has 192 valence electrons. The van der Waals surface area contributed by atoms with Crippen LogP contribution < -0.4 is 15.8 Å². The zero-order chi connectivity index (χ0) is 26.3. The van der Waals surface area contributed by atoms with Crippen molar-refractivity contribution in [3.05, 3.63) is 65.6 Å². The number of halogens is 1. The second kappa shape index (κ2) is 9.38. The number of nitrogens with zero attached hydrogens (tertiary/aromatic N) is 2. The molecule has 0 saturated carbocycles. The number of hydrogen-bond acceptors (Lipinski definition) is 6. The first-order chi connectivity index (χ1) is 17.6. The van der Waals surface area contributed by atoms with Crippen LogP contribution >= 0.6 is 0 Å². The lowest BCUT2D eigenvalue weighted by Gasteiger charge is -2.39. The number of likely N-dealkylation sites (tertiary alicyclic amines) is 1. The van der Waals surface area contributed by atoms with Crippen molar-refractivity contribution in [1.82, 2.24) is 15.2 Å². The highest BCUT2D eigenvalue weighted by Crippen LogP contribution is 2.34. The maximum Gasteiger partial charge on any atom is 0.410 e. The molecular formula is C28H29FN4O4. The van der Waals surface area contributed by atoms with Crippen LogP contribution in [0.15, 0.2) is 48.5 Å². The third-order valence-corrected chi connectivity index (χ3v) is 6.31.